The van der Waals surface area contributed by atoms with Gasteiger partial charge in [-0.1, -0.05) is 130 Å². The van der Waals surface area contributed by atoms with E-state index in [0.717, 1.165) is 0 Å². The average molecular weight is 622 g/mol. The Morgan fingerprint density at radius 1 is 0.306 bits per heavy atom. The predicted octanol–water partition coefficient (Wildman–Crippen LogP) is 8.13. The topological polar surface area (TPSA) is 28.5 Å². The van der Waals surface area contributed by atoms with E-state index >= 15 is 0 Å². The van der Waals surface area contributed by atoms with Gasteiger partial charge in [0.25, 0.3) is 0 Å². The first-order chi connectivity index (χ1) is 16.2. The van der Waals surface area contributed by atoms with Crippen molar-refractivity contribution in [2.24, 2.45) is 0 Å². The molecule has 0 saturated heterocycles. The normalized spacial score (nSPS) is 11.0. The van der Waals surface area contributed by atoms with E-state index in [4.69, 9.17) is 0 Å². The smallest absolute Gasteiger partial charge is 2.00 e. The van der Waals surface area contributed by atoms with E-state index in [1.165, 1.54) is 185 Å². The van der Waals surface area contributed by atoms with E-state index in [1.807, 2.05) is 0 Å². The van der Waals surface area contributed by atoms with Gasteiger partial charge in [-0.25, -0.2) is 0 Å². The number of rotatable bonds is 28. The van der Waals surface area contributed by atoms with Crippen LogP contribution < -0.4 is 17.0 Å². The van der Waals surface area contributed by atoms with Crippen LogP contribution in [0.5, 0.6) is 0 Å². The van der Waals surface area contributed by atoms with Crippen molar-refractivity contribution in [3.63, 3.8) is 0 Å². The van der Waals surface area contributed by atoms with Crippen LogP contribution >= 0.6 is 0 Å². The minimum absolute atomic E-state index is 0. The Kier molecular flexibility index (Phi) is 43.8. The van der Waals surface area contributed by atoms with Crippen LogP contribution in [0.1, 0.15) is 182 Å². The molecule has 4 heteroatoms. The van der Waals surface area contributed by atoms with Crippen molar-refractivity contribution in [3.8, 4) is 0 Å². The summed E-state index contributed by atoms with van der Waals surface area (Å²) in [6.45, 7) is 15.3. The fourth-order valence-corrected chi connectivity index (χ4v) is 5.58. The maximum absolute atomic E-state index is 2.34. The molecule has 0 saturated carbocycles. The number of quaternary nitrogens is 1. The molecule has 2 nitrogen and oxygen atoms in total. The SMILES string of the molecule is CCCCCCCC[N+](CCCCCCCC)(CCCCCCCC)CCCCCCCC.[Br-].[Co+2].[O-2]. The Labute approximate surface area is 250 Å². The fraction of sp³-hybridized carbons (Fsp3) is 1.00. The summed E-state index contributed by atoms with van der Waals surface area (Å²) in [4.78, 5) is 0. The average Bonchev–Trinajstić information content (AvgIpc) is 2.83. The summed E-state index contributed by atoms with van der Waals surface area (Å²) in [6, 6.07) is 0. The molecule has 0 fully saturated rings. The first-order valence-corrected chi connectivity index (χ1v) is 16.1. The molecule has 0 aliphatic heterocycles. The molecule has 0 atom stereocenters. The Morgan fingerprint density at radius 2 is 0.472 bits per heavy atom. The number of unbranched alkanes of at least 4 members (excludes halogenated alkanes) is 20. The van der Waals surface area contributed by atoms with E-state index in [-0.39, 0.29) is 39.2 Å². The molecule has 0 N–H and O–H groups in total. The van der Waals surface area contributed by atoms with Crippen LogP contribution in [0.15, 0.2) is 0 Å². The molecule has 0 aromatic carbocycles. The third kappa shape index (κ3) is 29.5. The van der Waals surface area contributed by atoms with E-state index in [0.29, 0.717) is 0 Å². The Bertz CT molecular complexity index is 301. The van der Waals surface area contributed by atoms with E-state index in [9.17, 15) is 0 Å². The van der Waals surface area contributed by atoms with Gasteiger partial charge in [0, 0.05) is 0 Å². The first kappa shape index (κ1) is 43.9. The predicted molar refractivity (Wildman–Crippen MR) is 154 cm³/mol. The third-order valence-corrected chi connectivity index (χ3v) is 7.94. The van der Waals surface area contributed by atoms with Gasteiger partial charge in [-0.3, -0.25) is 0 Å². The van der Waals surface area contributed by atoms with E-state index in [1.54, 1.807) is 0 Å². The molecule has 0 aromatic rings. The van der Waals surface area contributed by atoms with Crippen molar-refractivity contribution < 1.29 is 43.7 Å². The molecule has 0 rings (SSSR count). The second-order valence-electron chi connectivity index (χ2n) is 11.3. The van der Waals surface area contributed by atoms with E-state index in [2.05, 4.69) is 27.7 Å². The first-order valence-electron chi connectivity index (χ1n) is 16.1. The molecule has 0 aromatic heterocycles. The van der Waals surface area contributed by atoms with Gasteiger partial charge in [-0.05, 0) is 51.4 Å². The largest absolute Gasteiger partial charge is 2.00 e. The van der Waals surface area contributed by atoms with Crippen molar-refractivity contribution in [1.29, 1.82) is 0 Å². The quantitative estimate of drug-likeness (QED) is 0.0624. The summed E-state index contributed by atoms with van der Waals surface area (Å²) in [5.74, 6) is 0. The number of halogens is 1. The molecule has 0 spiro atoms. The number of nitrogens with zero attached hydrogens (tertiary/aromatic N) is 1. The summed E-state index contributed by atoms with van der Waals surface area (Å²) >= 11 is 0. The molecule has 1 radical (unpaired) electrons. The second kappa shape index (κ2) is 35.9. The maximum atomic E-state index is 2.34. The molecule has 0 unspecified atom stereocenters. The monoisotopic (exact) mass is 620 g/mol. The van der Waals surface area contributed by atoms with Crippen molar-refractivity contribution >= 4 is 0 Å². The van der Waals surface area contributed by atoms with Crippen LogP contribution in [0.2, 0.25) is 0 Å². The van der Waals surface area contributed by atoms with Gasteiger partial charge >= 0.3 is 16.8 Å². The minimum atomic E-state index is 0. The molecule has 36 heavy (non-hydrogen) atoms. The van der Waals surface area contributed by atoms with Gasteiger partial charge in [0.2, 0.25) is 0 Å². The second-order valence-corrected chi connectivity index (χ2v) is 11.3. The Hall–Kier alpha value is 0.906. The van der Waals surface area contributed by atoms with Crippen LogP contribution in [0.3, 0.4) is 0 Å². The molecular formula is C32H68BrCoNO. The molecule has 0 amide bonds. The zero-order valence-corrected chi connectivity index (χ0v) is 28.0. The van der Waals surface area contributed by atoms with Crippen molar-refractivity contribution in [1.82, 2.24) is 0 Å². The van der Waals surface area contributed by atoms with Gasteiger partial charge < -0.3 is 26.9 Å². The third-order valence-electron chi connectivity index (χ3n) is 7.94. The standard InChI is InChI=1S/C32H68N.BrH.Co.O/c1-5-9-13-17-21-25-29-33(30-26-22-18-14-10-6-2,31-27-23-19-15-11-7-3)32-28-24-20-16-12-8-4;;;/h5-32H2,1-4H3;1H;;/q+1;;+2;-2/p-1. The van der Waals surface area contributed by atoms with Gasteiger partial charge in [0.1, 0.15) is 0 Å². The molecule has 0 bridgehead atoms. The summed E-state index contributed by atoms with van der Waals surface area (Å²) in [6.07, 6.45) is 34.8. The van der Waals surface area contributed by atoms with Gasteiger partial charge in [0.15, 0.2) is 0 Å². The van der Waals surface area contributed by atoms with Crippen molar-refractivity contribution in [2.45, 2.75) is 182 Å². The molecule has 0 aliphatic carbocycles. The van der Waals surface area contributed by atoms with Crippen LogP contribution in [-0.4, -0.2) is 30.7 Å². The maximum Gasteiger partial charge on any atom is 2.00 e. The van der Waals surface area contributed by atoms with Crippen LogP contribution in [0.25, 0.3) is 0 Å². The van der Waals surface area contributed by atoms with Gasteiger partial charge in [0.05, 0.1) is 26.2 Å². The minimum Gasteiger partial charge on any atom is -2.00 e. The molecular weight excluding hydrogens is 553 g/mol. The van der Waals surface area contributed by atoms with Gasteiger partial charge in [-0.2, -0.15) is 0 Å². The van der Waals surface area contributed by atoms with Crippen LogP contribution in [-0.2, 0) is 22.3 Å². The van der Waals surface area contributed by atoms with Crippen molar-refractivity contribution in [2.75, 3.05) is 26.2 Å². The summed E-state index contributed by atoms with van der Waals surface area (Å²) < 4.78 is 1.48. The zero-order valence-electron chi connectivity index (χ0n) is 25.4. The van der Waals surface area contributed by atoms with Crippen LogP contribution in [0, 0.1) is 0 Å². The van der Waals surface area contributed by atoms with Gasteiger partial charge in [-0.15, -0.1) is 0 Å². The number of hydrogen-bond donors (Lipinski definition) is 0. The summed E-state index contributed by atoms with van der Waals surface area (Å²) in [5, 5.41) is 0. The van der Waals surface area contributed by atoms with Crippen molar-refractivity contribution in [3.05, 3.63) is 0 Å². The Balaban J connectivity index is -0.00000171. The fourth-order valence-electron chi connectivity index (χ4n) is 5.58. The van der Waals surface area contributed by atoms with Crippen LogP contribution in [0.4, 0.5) is 0 Å². The zero-order chi connectivity index (χ0) is 24.3. The van der Waals surface area contributed by atoms with E-state index < -0.39 is 0 Å². The Morgan fingerprint density at radius 3 is 0.667 bits per heavy atom. The molecule has 0 aliphatic rings. The summed E-state index contributed by atoms with van der Waals surface area (Å²) in [7, 11) is 0. The summed E-state index contributed by atoms with van der Waals surface area (Å²) in [5.41, 5.74) is 0. The molecule has 0 heterocycles. The molecule has 223 valence electrons. The number of hydrogen-bond acceptors (Lipinski definition) is 0.